The first-order valence-corrected chi connectivity index (χ1v) is 10.9. The Morgan fingerprint density at radius 3 is 2.77 bits per heavy atom. The van der Waals surface area contributed by atoms with Gasteiger partial charge >= 0.3 is 0 Å². The molecular formula is C24H25N5O2. The monoisotopic (exact) mass is 415 g/mol. The van der Waals surface area contributed by atoms with Crippen molar-refractivity contribution in [1.82, 2.24) is 19.9 Å². The third kappa shape index (κ3) is 3.15. The smallest absolute Gasteiger partial charge is 0.231 e. The SMILES string of the molecule is CC1=Cc2c(ncnc2N2CCC(c3nc(-c4ccc5c(c4)OCO5)c(C)[nH]3)CC2)C1. The van der Waals surface area contributed by atoms with Crippen LogP contribution in [0.3, 0.4) is 0 Å². The molecule has 0 amide bonds. The van der Waals surface area contributed by atoms with Gasteiger partial charge in [0.25, 0.3) is 0 Å². The van der Waals surface area contributed by atoms with E-state index < -0.39 is 0 Å². The van der Waals surface area contributed by atoms with E-state index in [9.17, 15) is 0 Å². The maximum absolute atomic E-state index is 5.54. The van der Waals surface area contributed by atoms with Crippen molar-refractivity contribution in [2.45, 2.75) is 39.0 Å². The minimum atomic E-state index is 0.285. The van der Waals surface area contributed by atoms with Gasteiger partial charge in [-0.1, -0.05) is 11.6 Å². The van der Waals surface area contributed by atoms with Crippen LogP contribution in [0.15, 0.2) is 30.1 Å². The van der Waals surface area contributed by atoms with E-state index in [1.54, 1.807) is 6.33 Å². The molecule has 158 valence electrons. The van der Waals surface area contributed by atoms with Crippen molar-refractivity contribution < 1.29 is 9.47 Å². The Labute approximate surface area is 181 Å². The number of nitrogens with one attached hydrogen (secondary N) is 1. The normalized spacial score (nSPS) is 17.7. The fourth-order valence-electron chi connectivity index (χ4n) is 4.89. The molecule has 1 N–H and O–H groups in total. The van der Waals surface area contributed by atoms with Gasteiger partial charge in [-0.2, -0.15) is 0 Å². The lowest BCUT2D eigenvalue weighted by molar-refractivity contribution is 0.174. The molecule has 4 heterocycles. The molecule has 1 aromatic carbocycles. The molecule has 7 heteroatoms. The van der Waals surface area contributed by atoms with Gasteiger partial charge in [-0.3, -0.25) is 0 Å². The van der Waals surface area contributed by atoms with Crippen molar-refractivity contribution in [2.24, 2.45) is 0 Å². The number of nitrogens with zero attached hydrogens (tertiary/aromatic N) is 4. The summed E-state index contributed by atoms with van der Waals surface area (Å²) < 4.78 is 11.0. The second-order valence-electron chi connectivity index (χ2n) is 8.65. The number of aromatic nitrogens is 4. The average Bonchev–Trinajstić information content (AvgIpc) is 3.50. The van der Waals surface area contributed by atoms with Crippen LogP contribution < -0.4 is 14.4 Å². The van der Waals surface area contributed by atoms with Gasteiger partial charge in [-0.25, -0.2) is 15.0 Å². The van der Waals surface area contributed by atoms with Crippen molar-refractivity contribution in [3.63, 3.8) is 0 Å². The van der Waals surface area contributed by atoms with Crippen molar-refractivity contribution in [3.05, 3.63) is 52.9 Å². The van der Waals surface area contributed by atoms with Crippen LogP contribution in [0.25, 0.3) is 17.3 Å². The standard InChI is InChI=1S/C24H25N5O2/c1-14-9-18-19(10-14)25-12-26-24(18)29-7-5-16(6-8-29)23-27-15(2)22(28-23)17-3-4-20-21(11-17)31-13-30-20/h3-4,9,11-12,16H,5-8,10,13H2,1-2H3,(H,27,28). The topological polar surface area (TPSA) is 76.2 Å². The van der Waals surface area contributed by atoms with E-state index in [1.807, 2.05) is 18.2 Å². The molecule has 0 unspecified atom stereocenters. The summed E-state index contributed by atoms with van der Waals surface area (Å²) in [6, 6.07) is 6.03. The summed E-state index contributed by atoms with van der Waals surface area (Å²) in [7, 11) is 0. The molecule has 0 saturated carbocycles. The largest absolute Gasteiger partial charge is 0.454 e. The molecule has 1 fully saturated rings. The van der Waals surface area contributed by atoms with Crippen LogP contribution in [0, 0.1) is 6.92 Å². The maximum atomic E-state index is 5.54. The number of allylic oxidation sites excluding steroid dienone is 1. The summed E-state index contributed by atoms with van der Waals surface area (Å²) in [5.41, 5.74) is 6.85. The molecule has 3 aliphatic rings. The van der Waals surface area contributed by atoms with Crippen LogP contribution >= 0.6 is 0 Å². The zero-order valence-corrected chi connectivity index (χ0v) is 17.8. The van der Waals surface area contributed by atoms with Gasteiger partial charge < -0.3 is 19.4 Å². The number of aryl methyl sites for hydroxylation is 1. The van der Waals surface area contributed by atoms with Gasteiger partial charge in [-0.05, 0) is 44.9 Å². The lowest BCUT2D eigenvalue weighted by atomic mass is 9.96. The fraction of sp³-hybridized carbons (Fsp3) is 0.375. The third-order valence-corrected chi connectivity index (χ3v) is 6.51. The summed E-state index contributed by atoms with van der Waals surface area (Å²) >= 11 is 0. The first-order valence-electron chi connectivity index (χ1n) is 10.9. The molecule has 0 radical (unpaired) electrons. The van der Waals surface area contributed by atoms with Gasteiger partial charge in [0.2, 0.25) is 6.79 Å². The zero-order valence-electron chi connectivity index (χ0n) is 17.8. The van der Waals surface area contributed by atoms with Gasteiger partial charge in [0.1, 0.15) is 18.0 Å². The molecule has 1 aliphatic carbocycles. The number of hydrogen-bond donors (Lipinski definition) is 1. The van der Waals surface area contributed by atoms with Crippen molar-refractivity contribution in [2.75, 3.05) is 24.8 Å². The molecule has 7 nitrogen and oxygen atoms in total. The summed E-state index contributed by atoms with van der Waals surface area (Å²) in [4.78, 5) is 20.0. The first kappa shape index (κ1) is 18.4. The predicted octanol–water partition coefficient (Wildman–Crippen LogP) is 4.25. The number of hydrogen-bond acceptors (Lipinski definition) is 6. The number of imidazole rings is 1. The van der Waals surface area contributed by atoms with Crippen LogP contribution in [-0.4, -0.2) is 39.8 Å². The second-order valence-corrected chi connectivity index (χ2v) is 8.65. The van der Waals surface area contributed by atoms with Gasteiger partial charge in [-0.15, -0.1) is 0 Å². The van der Waals surface area contributed by atoms with E-state index >= 15 is 0 Å². The number of piperidine rings is 1. The summed E-state index contributed by atoms with van der Waals surface area (Å²) in [5.74, 6) is 4.16. The number of fused-ring (bicyclic) bond motifs is 2. The number of anilines is 1. The highest BCUT2D eigenvalue weighted by Crippen LogP contribution is 2.38. The minimum Gasteiger partial charge on any atom is -0.454 e. The highest BCUT2D eigenvalue weighted by atomic mass is 16.7. The molecule has 0 bridgehead atoms. The van der Waals surface area contributed by atoms with Crippen LogP contribution in [0.2, 0.25) is 0 Å². The van der Waals surface area contributed by atoms with E-state index in [-0.39, 0.29) is 6.79 Å². The highest BCUT2D eigenvalue weighted by Gasteiger charge is 2.27. The zero-order chi connectivity index (χ0) is 20.9. The quantitative estimate of drug-likeness (QED) is 0.689. The van der Waals surface area contributed by atoms with E-state index in [4.69, 9.17) is 14.5 Å². The molecule has 0 spiro atoms. The molecule has 3 aromatic rings. The molecule has 6 rings (SSSR count). The van der Waals surface area contributed by atoms with E-state index in [0.29, 0.717) is 5.92 Å². The van der Waals surface area contributed by atoms with Crippen molar-refractivity contribution >= 4 is 11.9 Å². The highest BCUT2D eigenvalue weighted by molar-refractivity contribution is 5.72. The van der Waals surface area contributed by atoms with E-state index in [0.717, 1.165) is 78.1 Å². The Hall–Kier alpha value is -3.35. The molecule has 0 atom stereocenters. The Morgan fingerprint density at radius 1 is 1.06 bits per heavy atom. The van der Waals surface area contributed by atoms with Crippen LogP contribution in [0.4, 0.5) is 5.82 Å². The fourth-order valence-corrected chi connectivity index (χ4v) is 4.89. The Kier molecular flexibility index (Phi) is 4.23. The van der Waals surface area contributed by atoms with Gasteiger partial charge in [0.05, 0.1) is 11.4 Å². The summed E-state index contributed by atoms with van der Waals surface area (Å²) in [5, 5.41) is 0. The van der Waals surface area contributed by atoms with Crippen molar-refractivity contribution in [3.8, 4) is 22.8 Å². The first-order chi connectivity index (χ1) is 15.2. The Morgan fingerprint density at radius 2 is 1.90 bits per heavy atom. The summed E-state index contributed by atoms with van der Waals surface area (Å²) in [6.07, 6.45) is 6.99. The number of aromatic amines is 1. The molecule has 2 aromatic heterocycles. The number of benzene rings is 1. The molecular weight excluding hydrogens is 390 g/mol. The molecule has 31 heavy (non-hydrogen) atoms. The predicted molar refractivity (Wildman–Crippen MR) is 118 cm³/mol. The summed E-state index contributed by atoms with van der Waals surface area (Å²) in [6.45, 7) is 6.48. The van der Waals surface area contributed by atoms with Crippen molar-refractivity contribution in [1.29, 1.82) is 0 Å². The minimum absolute atomic E-state index is 0.285. The maximum Gasteiger partial charge on any atom is 0.231 e. The number of ether oxygens (including phenoxy) is 2. The number of H-pyrrole nitrogens is 1. The van der Waals surface area contributed by atoms with Gasteiger partial charge in [0, 0.05) is 42.2 Å². The van der Waals surface area contributed by atoms with Gasteiger partial charge in [0.15, 0.2) is 11.5 Å². The molecule has 1 saturated heterocycles. The Bertz CT molecular complexity index is 1190. The number of rotatable bonds is 3. The van der Waals surface area contributed by atoms with E-state index in [2.05, 4.69) is 39.8 Å². The van der Waals surface area contributed by atoms with Crippen LogP contribution in [0.5, 0.6) is 11.5 Å². The lowest BCUT2D eigenvalue weighted by Crippen LogP contribution is -2.34. The van der Waals surface area contributed by atoms with Crippen LogP contribution in [-0.2, 0) is 6.42 Å². The average molecular weight is 415 g/mol. The molecule has 2 aliphatic heterocycles. The second kappa shape index (κ2) is 7.11. The Balaban J connectivity index is 1.20. The third-order valence-electron chi connectivity index (χ3n) is 6.51. The van der Waals surface area contributed by atoms with Crippen LogP contribution in [0.1, 0.15) is 48.5 Å². The lowest BCUT2D eigenvalue weighted by Gasteiger charge is -2.32. The van der Waals surface area contributed by atoms with E-state index in [1.165, 1.54) is 11.1 Å².